The van der Waals surface area contributed by atoms with E-state index in [1.807, 2.05) is 13.8 Å². The molecule has 2 N–H and O–H groups in total. The van der Waals surface area contributed by atoms with Gasteiger partial charge in [-0.25, -0.2) is 14.2 Å². The van der Waals surface area contributed by atoms with E-state index in [1.165, 1.54) is 23.2 Å². The maximum Gasteiger partial charge on any atom is 0.413 e. The zero-order chi connectivity index (χ0) is 26.8. The number of aryl methyl sites for hydroxylation is 1. The number of benzene rings is 1. The first-order valence-corrected chi connectivity index (χ1v) is 12.1. The van der Waals surface area contributed by atoms with Crippen LogP contribution >= 0.6 is 11.6 Å². The van der Waals surface area contributed by atoms with Crippen LogP contribution < -0.4 is 10.6 Å². The number of hydrogen-bond donors (Lipinski definition) is 2. The number of piperidine rings is 1. The Morgan fingerprint density at radius 2 is 1.89 bits per heavy atom. The summed E-state index contributed by atoms with van der Waals surface area (Å²) in [6.45, 7) is 11.1. The summed E-state index contributed by atoms with van der Waals surface area (Å²) in [5.41, 5.74) is -0.167. The Bertz CT molecular complexity index is 1160. The van der Waals surface area contributed by atoms with Crippen molar-refractivity contribution in [2.75, 3.05) is 17.2 Å². The van der Waals surface area contributed by atoms with Crippen molar-refractivity contribution in [1.82, 2.24) is 9.88 Å². The molecule has 0 bridgehead atoms. The zero-order valence-corrected chi connectivity index (χ0v) is 22.1. The molecule has 1 fully saturated rings. The number of nitrogens with zero attached hydrogens (tertiary/aromatic N) is 2. The van der Waals surface area contributed by atoms with Gasteiger partial charge in [0, 0.05) is 11.6 Å². The van der Waals surface area contributed by atoms with E-state index in [1.54, 1.807) is 39.8 Å². The summed E-state index contributed by atoms with van der Waals surface area (Å²) >= 11 is 6.08. The molecule has 0 radical (unpaired) electrons. The summed E-state index contributed by atoms with van der Waals surface area (Å²) in [5.74, 6) is -1.64. The Morgan fingerprint density at radius 1 is 1.19 bits per heavy atom. The molecule has 3 rings (SSSR count). The van der Waals surface area contributed by atoms with Gasteiger partial charge in [0.1, 0.15) is 17.2 Å². The second-order valence-corrected chi connectivity index (χ2v) is 10.9. The van der Waals surface area contributed by atoms with Crippen LogP contribution in [0.15, 0.2) is 30.5 Å². The number of rotatable bonds is 3. The number of pyridine rings is 1. The van der Waals surface area contributed by atoms with Crippen LogP contribution in [0.3, 0.4) is 0 Å². The lowest BCUT2D eigenvalue weighted by molar-refractivity contribution is -0.150. The number of nitrogens with one attached hydrogen (secondary N) is 2. The van der Waals surface area contributed by atoms with Gasteiger partial charge in [0.05, 0.1) is 17.4 Å². The highest BCUT2D eigenvalue weighted by Crippen LogP contribution is 2.40. The topological polar surface area (TPSA) is 101 Å². The Labute approximate surface area is 215 Å². The van der Waals surface area contributed by atoms with E-state index in [9.17, 15) is 18.8 Å². The first-order valence-electron chi connectivity index (χ1n) is 11.7. The van der Waals surface area contributed by atoms with E-state index in [0.29, 0.717) is 29.8 Å². The molecule has 36 heavy (non-hydrogen) atoms. The number of aromatic nitrogens is 1. The van der Waals surface area contributed by atoms with Gasteiger partial charge in [0.15, 0.2) is 0 Å². The Hall–Kier alpha value is -3.20. The van der Waals surface area contributed by atoms with Crippen molar-refractivity contribution in [3.05, 3.63) is 52.4 Å². The predicted molar refractivity (Wildman–Crippen MR) is 136 cm³/mol. The molecule has 0 saturated carbocycles. The summed E-state index contributed by atoms with van der Waals surface area (Å²) in [7, 11) is 0. The molecule has 1 aliphatic rings. The van der Waals surface area contributed by atoms with Crippen molar-refractivity contribution >= 4 is 41.0 Å². The second-order valence-electron chi connectivity index (χ2n) is 10.5. The first kappa shape index (κ1) is 27.4. The molecule has 0 unspecified atom stereocenters. The molecule has 1 aromatic heterocycles. The van der Waals surface area contributed by atoms with Gasteiger partial charge < -0.3 is 15.0 Å². The Kier molecular flexibility index (Phi) is 7.93. The van der Waals surface area contributed by atoms with Crippen LogP contribution in [-0.2, 0) is 19.9 Å². The molecule has 194 valence electrons. The molecule has 8 nitrogen and oxygen atoms in total. The fourth-order valence-corrected chi connectivity index (χ4v) is 4.44. The molecule has 2 atom stereocenters. The number of anilines is 2. The van der Waals surface area contributed by atoms with Gasteiger partial charge in [-0.05, 0) is 88.8 Å². The van der Waals surface area contributed by atoms with Gasteiger partial charge in [-0.1, -0.05) is 18.5 Å². The average molecular weight is 519 g/mol. The average Bonchev–Trinajstić information content (AvgIpc) is 2.75. The van der Waals surface area contributed by atoms with Gasteiger partial charge in [-0.15, -0.1) is 0 Å². The molecule has 0 aliphatic carbocycles. The highest BCUT2D eigenvalue weighted by atomic mass is 35.5. The lowest BCUT2D eigenvalue weighted by atomic mass is 9.79. The highest BCUT2D eigenvalue weighted by Gasteiger charge is 2.43. The van der Waals surface area contributed by atoms with Crippen molar-refractivity contribution < 1.29 is 23.5 Å². The molecule has 3 amide bonds. The van der Waals surface area contributed by atoms with Gasteiger partial charge in [-0.3, -0.25) is 14.9 Å². The van der Waals surface area contributed by atoms with Crippen LogP contribution in [-0.4, -0.2) is 39.9 Å². The summed E-state index contributed by atoms with van der Waals surface area (Å²) in [5, 5.41) is 5.38. The van der Waals surface area contributed by atoms with Gasteiger partial charge in [0.2, 0.25) is 0 Å². The standard InChI is InChI=1S/C26H32ClFN4O4/c1-15-7-8-26(6,17-10-18(27)12-19(28)11-17)32(14-15)23(34)22(33)30-20-9-16(2)21(29-13-20)31-24(35)36-25(3,4)5/h9-13,15H,7-8,14H2,1-6H3,(H,30,33)(H,29,31,35)/t15-,26-/m0/s1. The van der Waals surface area contributed by atoms with E-state index < -0.39 is 34.9 Å². The lowest BCUT2D eigenvalue weighted by Gasteiger charge is -2.47. The van der Waals surface area contributed by atoms with Gasteiger partial charge in [0.25, 0.3) is 0 Å². The van der Waals surface area contributed by atoms with Crippen molar-refractivity contribution in [3.63, 3.8) is 0 Å². The van der Waals surface area contributed by atoms with E-state index in [0.717, 1.165) is 6.42 Å². The minimum atomic E-state index is -0.901. The molecule has 10 heteroatoms. The van der Waals surface area contributed by atoms with Crippen LogP contribution in [0, 0.1) is 18.7 Å². The fourth-order valence-electron chi connectivity index (χ4n) is 4.22. The second kappa shape index (κ2) is 10.4. The maximum absolute atomic E-state index is 14.1. The molecule has 2 heterocycles. The third-order valence-electron chi connectivity index (χ3n) is 6.09. The van der Waals surface area contributed by atoms with Crippen LogP contribution in [0.1, 0.15) is 58.6 Å². The number of halogens is 2. The number of likely N-dealkylation sites (tertiary alicyclic amines) is 1. The number of ether oxygens (including phenoxy) is 1. The predicted octanol–water partition coefficient (Wildman–Crippen LogP) is 5.64. The summed E-state index contributed by atoms with van der Waals surface area (Å²) in [6.07, 6.45) is 2.06. The summed E-state index contributed by atoms with van der Waals surface area (Å²) in [4.78, 5) is 44.0. The van der Waals surface area contributed by atoms with E-state index in [-0.39, 0.29) is 16.8 Å². The number of carbonyl (C=O) groups excluding carboxylic acids is 3. The van der Waals surface area contributed by atoms with Crippen molar-refractivity contribution in [1.29, 1.82) is 0 Å². The number of hydrogen-bond acceptors (Lipinski definition) is 5. The van der Waals surface area contributed by atoms with E-state index in [2.05, 4.69) is 15.6 Å². The largest absolute Gasteiger partial charge is 0.444 e. The molecule has 1 aliphatic heterocycles. The molecule has 1 saturated heterocycles. The van der Waals surface area contributed by atoms with E-state index >= 15 is 0 Å². The SMILES string of the molecule is Cc1cc(NC(=O)C(=O)N2C[C@@H](C)CC[C@@]2(C)c2cc(F)cc(Cl)c2)cnc1NC(=O)OC(C)(C)C. The van der Waals surface area contributed by atoms with Gasteiger partial charge >= 0.3 is 17.9 Å². The monoisotopic (exact) mass is 518 g/mol. The summed E-state index contributed by atoms with van der Waals surface area (Å²) in [6, 6.07) is 5.77. The fraction of sp³-hybridized carbons (Fsp3) is 0.462. The van der Waals surface area contributed by atoms with Crippen LogP contribution in [0.2, 0.25) is 5.02 Å². The normalized spacial score (nSPS) is 20.0. The van der Waals surface area contributed by atoms with Crippen molar-refractivity contribution in [2.24, 2.45) is 5.92 Å². The van der Waals surface area contributed by atoms with Gasteiger partial charge in [-0.2, -0.15) is 0 Å². The maximum atomic E-state index is 14.1. The molecule has 0 spiro atoms. The molecule has 1 aromatic carbocycles. The summed E-state index contributed by atoms with van der Waals surface area (Å²) < 4.78 is 19.4. The van der Waals surface area contributed by atoms with Crippen LogP contribution in [0.5, 0.6) is 0 Å². The Balaban J connectivity index is 1.78. The van der Waals surface area contributed by atoms with Crippen LogP contribution in [0.4, 0.5) is 20.7 Å². The van der Waals surface area contributed by atoms with Crippen molar-refractivity contribution in [2.45, 2.75) is 65.5 Å². The molecular formula is C26H32ClFN4O4. The molecular weight excluding hydrogens is 487 g/mol. The highest BCUT2D eigenvalue weighted by molar-refractivity contribution is 6.39. The number of carbonyl (C=O) groups is 3. The van der Waals surface area contributed by atoms with E-state index in [4.69, 9.17) is 16.3 Å². The number of amides is 3. The Morgan fingerprint density at radius 3 is 2.50 bits per heavy atom. The quantitative estimate of drug-likeness (QED) is 0.512. The minimum Gasteiger partial charge on any atom is -0.444 e. The third-order valence-corrected chi connectivity index (χ3v) is 6.31. The minimum absolute atomic E-state index is 0.168. The lowest BCUT2D eigenvalue weighted by Crippen LogP contribution is -2.55. The van der Waals surface area contributed by atoms with Crippen molar-refractivity contribution in [3.8, 4) is 0 Å². The molecule has 2 aromatic rings. The smallest absolute Gasteiger partial charge is 0.413 e. The zero-order valence-electron chi connectivity index (χ0n) is 21.4. The third kappa shape index (κ3) is 6.51. The first-order chi connectivity index (χ1) is 16.7. The van der Waals surface area contributed by atoms with Crippen LogP contribution in [0.25, 0.3) is 0 Å².